The summed E-state index contributed by atoms with van der Waals surface area (Å²) < 4.78 is 0. The molecule has 44 valence electrons. The van der Waals surface area contributed by atoms with E-state index in [0.29, 0.717) is 0 Å². The predicted molar refractivity (Wildman–Crippen MR) is 38.1 cm³/mol. The van der Waals surface area contributed by atoms with Crippen molar-refractivity contribution in [3.05, 3.63) is 0 Å². The van der Waals surface area contributed by atoms with Crippen LogP contribution in [0, 0.1) is 0 Å². The Kier molecular flexibility index (Phi) is 4.73. The molecule has 1 saturated carbocycles. The zero-order valence-corrected chi connectivity index (χ0v) is 5.74. The van der Waals surface area contributed by atoms with Gasteiger partial charge in [0.2, 0.25) is 0 Å². The van der Waals surface area contributed by atoms with E-state index in [1.165, 1.54) is 38.5 Å². The van der Waals surface area contributed by atoms with Gasteiger partial charge < -0.3 is 0 Å². The highest BCUT2D eigenvalue weighted by atomic mass is 32.1. The molecule has 0 atom stereocenters. The first-order valence-electron chi connectivity index (χ1n) is 3.00. The first kappa shape index (κ1) is 7.35. The fraction of sp³-hybridized carbons (Fsp3) is 1.00. The molecule has 0 aliphatic heterocycles. The Morgan fingerprint density at radius 1 is 0.429 bits per heavy atom. The lowest BCUT2D eigenvalue weighted by atomic mass is 10.0. The molecule has 1 rings (SSSR count). The molecule has 0 nitrogen and oxygen atoms in total. The largest absolute Gasteiger partial charge is 0.197 e. The van der Waals surface area contributed by atoms with Crippen LogP contribution in [-0.2, 0) is 0 Å². The van der Waals surface area contributed by atoms with Gasteiger partial charge in [0.25, 0.3) is 0 Å². The normalized spacial score (nSPS) is 20.6. The summed E-state index contributed by atoms with van der Waals surface area (Å²) in [5.41, 5.74) is 0. The summed E-state index contributed by atoms with van der Waals surface area (Å²) in [5, 5.41) is 0. The van der Waals surface area contributed by atoms with Crippen molar-refractivity contribution >= 4 is 13.5 Å². The van der Waals surface area contributed by atoms with E-state index < -0.39 is 0 Å². The van der Waals surface area contributed by atoms with Gasteiger partial charge in [-0.3, -0.25) is 0 Å². The van der Waals surface area contributed by atoms with Crippen LogP contribution in [-0.4, -0.2) is 0 Å². The number of hydrogen-bond acceptors (Lipinski definition) is 0. The summed E-state index contributed by atoms with van der Waals surface area (Å²) >= 11 is 0. The van der Waals surface area contributed by atoms with Crippen LogP contribution in [0.2, 0.25) is 0 Å². The molecular formula is C6H14S. The van der Waals surface area contributed by atoms with Crippen molar-refractivity contribution in [1.82, 2.24) is 0 Å². The lowest BCUT2D eigenvalue weighted by Crippen LogP contribution is -1.85. The highest BCUT2D eigenvalue weighted by molar-refractivity contribution is 7.59. The van der Waals surface area contributed by atoms with Gasteiger partial charge in [-0.25, -0.2) is 0 Å². The number of hydrogen-bond donors (Lipinski definition) is 0. The van der Waals surface area contributed by atoms with E-state index in [2.05, 4.69) is 0 Å². The van der Waals surface area contributed by atoms with E-state index in [9.17, 15) is 0 Å². The van der Waals surface area contributed by atoms with Gasteiger partial charge in [0, 0.05) is 0 Å². The van der Waals surface area contributed by atoms with Crippen molar-refractivity contribution in [3.8, 4) is 0 Å². The van der Waals surface area contributed by atoms with Crippen LogP contribution in [0.5, 0.6) is 0 Å². The predicted octanol–water partition coefficient (Wildman–Crippen LogP) is 2.45. The molecule has 7 heavy (non-hydrogen) atoms. The topological polar surface area (TPSA) is 0 Å². The maximum atomic E-state index is 1.50. The summed E-state index contributed by atoms with van der Waals surface area (Å²) in [6.07, 6.45) is 9.00. The van der Waals surface area contributed by atoms with Crippen molar-refractivity contribution in [2.75, 3.05) is 0 Å². The fourth-order valence-electron chi connectivity index (χ4n) is 1.06. The van der Waals surface area contributed by atoms with Crippen molar-refractivity contribution in [2.24, 2.45) is 0 Å². The lowest BCUT2D eigenvalue weighted by molar-refractivity contribution is 0.504. The molecule has 0 saturated heterocycles. The minimum Gasteiger partial charge on any atom is -0.197 e. The van der Waals surface area contributed by atoms with Gasteiger partial charge in [0.1, 0.15) is 0 Å². The van der Waals surface area contributed by atoms with Gasteiger partial charge in [-0.2, -0.15) is 13.5 Å². The summed E-state index contributed by atoms with van der Waals surface area (Å²) in [4.78, 5) is 0. The van der Waals surface area contributed by atoms with Crippen LogP contribution in [0.4, 0.5) is 0 Å². The number of rotatable bonds is 0. The maximum absolute atomic E-state index is 1.50. The fourth-order valence-corrected chi connectivity index (χ4v) is 1.06. The van der Waals surface area contributed by atoms with Gasteiger partial charge in [0.15, 0.2) is 0 Å². The average molecular weight is 118 g/mol. The SMILES string of the molecule is C1CCCCC1.S. The third-order valence-electron chi connectivity index (χ3n) is 1.50. The van der Waals surface area contributed by atoms with Gasteiger partial charge >= 0.3 is 0 Å². The highest BCUT2D eigenvalue weighted by Crippen LogP contribution is 2.15. The Morgan fingerprint density at radius 2 is 0.571 bits per heavy atom. The third-order valence-corrected chi connectivity index (χ3v) is 1.50. The smallest absolute Gasteiger partial charge is 0.0533 e. The van der Waals surface area contributed by atoms with Crippen LogP contribution in [0.25, 0.3) is 0 Å². The van der Waals surface area contributed by atoms with Gasteiger partial charge in [-0.15, -0.1) is 0 Å². The molecule has 0 aromatic rings. The Labute approximate surface area is 52.8 Å². The van der Waals surface area contributed by atoms with E-state index in [0.717, 1.165) is 0 Å². The first-order valence-corrected chi connectivity index (χ1v) is 3.00. The molecule has 1 aliphatic carbocycles. The third kappa shape index (κ3) is 2.98. The highest BCUT2D eigenvalue weighted by Gasteiger charge is 1.95. The minimum absolute atomic E-state index is 0. The summed E-state index contributed by atoms with van der Waals surface area (Å²) in [6, 6.07) is 0. The molecule has 0 unspecified atom stereocenters. The van der Waals surface area contributed by atoms with E-state index in [1.54, 1.807) is 0 Å². The van der Waals surface area contributed by atoms with Crippen LogP contribution < -0.4 is 0 Å². The lowest BCUT2D eigenvalue weighted by Gasteiger charge is -2.05. The van der Waals surface area contributed by atoms with Gasteiger partial charge in [0.05, 0.1) is 0 Å². The Hall–Kier alpha value is 0.350. The van der Waals surface area contributed by atoms with Crippen LogP contribution in [0.1, 0.15) is 38.5 Å². The summed E-state index contributed by atoms with van der Waals surface area (Å²) in [5.74, 6) is 0. The quantitative estimate of drug-likeness (QED) is 0.458. The van der Waals surface area contributed by atoms with Crippen LogP contribution in [0.15, 0.2) is 0 Å². The second kappa shape index (κ2) is 4.51. The van der Waals surface area contributed by atoms with E-state index >= 15 is 0 Å². The van der Waals surface area contributed by atoms with Crippen molar-refractivity contribution in [1.29, 1.82) is 0 Å². The average Bonchev–Trinajstić information content (AvgIpc) is 1.72. The molecule has 1 aliphatic rings. The van der Waals surface area contributed by atoms with Gasteiger partial charge in [-0.05, 0) is 0 Å². The van der Waals surface area contributed by atoms with E-state index in [1.807, 2.05) is 0 Å². The molecule has 0 spiro atoms. The molecule has 1 fully saturated rings. The Balaban J connectivity index is 0.000000360. The molecule has 0 amide bonds. The zero-order chi connectivity index (χ0) is 4.24. The second-order valence-electron chi connectivity index (χ2n) is 2.12. The maximum Gasteiger partial charge on any atom is -0.0533 e. The van der Waals surface area contributed by atoms with Gasteiger partial charge in [-0.1, -0.05) is 38.5 Å². The van der Waals surface area contributed by atoms with E-state index in [4.69, 9.17) is 0 Å². The minimum atomic E-state index is 0. The molecule has 0 heterocycles. The van der Waals surface area contributed by atoms with Crippen LogP contribution >= 0.6 is 13.5 Å². The second-order valence-corrected chi connectivity index (χ2v) is 2.12. The van der Waals surface area contributed by atoms with E-state index in [-0.39, 0.29) is 13.5 Å². The van der Waals surface area contributed by atoms with Crippen LogP contribution in [0.3, 0.4) is 0 Å². The standard InChI is InChI=1S/C6H12.H2S/c1-2-4-6-5-3-1;/h1-6H2;1H2. The Morgan fingerprint density at radius 3 is 0.714 bits per heavy atom. The molecular weight excluding hydrogens is 104 g/mol. The molecule has 0 bridgehead atoms. The summed E-state index contributed by atoms with van der Waals surface area (Å²) in [7, 11) is 0. The monoisotopic (exact) mass is 118 g/mol. The Bertz CT molecular complexity index is 19.7. The molecule has 0 aromatic heterocycles. The molecule has 0 radical (unpaired) electrons. The molecule has 1 heteroatoms. The zero-order valence-electron chi connectivity index (χ0n) is 4.74. The molecule has 0 N–H and O–H groups in total. The molecule has 0 aromatic carbocycles. The first-order chi connectivity index (χ1) is 3.00. The van der Waals surface area contributed by atoms with Crippen molar-refractivity contribution in [2.45, 2.75) is 38.5 Å². The van der Waals surface area contributed by atoms with Crippen molar-refractivity contribution < 1.29 is 0 Å². The summed E-state index contributed by atoms with van der Waals surface area (Å²) in [6.45, 7) is 0. The van der Waals surface area contributed by atoms with Crippen molar-refractivity contribution in [3.63, 3.8) is 0 Å².